The van der Waals surface area contributed by atoms with Gasteiger partial charge in [0.1, 0.15) is 4.32 Å². The zero-order valence-corrected chi connectivity index (χ0v) is 7.41. The van der Waals surface area contributed by atoms with Gasteiger partial charge in [0.05, 0.1) is 0 Å². The smallest absolute Gasteiger partial charge is 0.134 e. The Morgan fingerprint density at radius 1 is 2.00 bits per heavy atom. The van der Waals surface area contributed by atoms with Gasteiger partial charge in [-0.25, -0.2) is 0 Å². The lowest BCUT2D eigenvalue weighted by atomic mass is 10.5. The third kappa shape index (κ3) is 1.60. The molecule has 0 aromatic rings. The average molecular weight is 212 g/mol. The second-order valence-corrected chi connectivity index (χ2v) is 4.19. The molecule has 0 unspecified atom stereocenters. The molecule has 1 nitrogen and oxygen atoms in total. The number of thioether (sulfide) groups is 1. The quantitative estimate of drug-likeness (QED) is 0.520. The molecule has 0 amide bonds. The van der Waals surface area contributed by atoms with Crippen LogP contribution in [0.15, 0.2) is 0 Å². The fourth-order valence-electron chi connectivity index (χ4n) is 0.518. The molecule has 1 aliphatic heterocycles. The molecule has 1 fully saturated rings. The van der Waals surface area contributed by atoms with Crippen LogP contribution >= 0.6 is 39.9 Å². The summed E-state index contributed by atoms with van der Waals surface area (Å²) in [6, 6.07) is 0. The van der Waals surface area contributed by atoms with Gasteiger partial charge < -0.3 is 5.32 Å². The van der Waals surface area contributed by atoms with Crippen LogP contribution in [0.5, 0.6) is 0 Å². The summed E-state index contributed by atoms with van der Waals surface area (Å²) in [5.41, 5.74) is 0. The molecule has 0 spiro atoms. The Balaban J connectivity index is 2.32. The molecular formula is C4H6BrNS2. The van der Waals surface area contributed by atoms with Crippen LogP contribution in [0.3, 0.4) is 0 Å². The third-order valence-electron chi connectivity index (χ3n) is 0.920. The van der Waals surface area contributed by atoms with Crippen LogP contribution < -0.4 is 5.32 Å². The van der Waals surface area contributed by atoms with Crippen LogP contribution in [0.25, 0.3) is 0 Å². The van der Waals surface area contributed by atoms with Crippen molar-refractivity contribution >= 4 is 44.2 Å². The van der Waals surface area contributed by atoms with Gasteiger partial charge in [-0.05, 0) is 0 Å². The summed E-state index contributed by atoms with van der Waals surface area (Å²) in [5, 5.41) is 4.77. The molecule has 0 bridgehead atoms. The Hall–Kier alpha value is 0.720. The summed E-state index contributed by atoms with van der Waals surface area (Å²) in [4.78, 5) is 0. The standard InChI is InChI=1S/C4H6BrNS2/c5-1-3-2-6-4(7)8-3/h3H,1-2H2,(H,6,7)/t3-/m1/s1. The van der Waals surface area contributed by atoms with Crippen molar-refractivity contribution in [2.75, 3.05) is 11.9 Å². The number of halogens is 1. The molecule has 1 heterocycles. The van der Waals surface area contributed by atoms with Gasteiger partial charge in [0.25, 0.3) is 0 Å². The van der Waals surface area contributed by atoms with E-state index in [2.05, 4.69) is 21.2 Å². The molecule has 1 aliphatic rings. The number of nitrogens with one attached hydrogen (secondary N) is 1. The lowest BCUT2D eigenvalue weighted by Gasteiger charge is -1.95. The van der Waals surface area contributed by atoms with Crippen molar-refractivity contribution < 1.29 is 0 Å². The Morgan fingerprint density at radius 2 is 2.75 bits per heavy atom. The lowest BCUT2D eigenvalue weighted by molar-refractivity contribution is 0.909. The maximum Gasteiger partial charge on any atom is 0.134 e. The average Bonchev–Trinajstić information content (AvgIpc) is 2.14. The maximum absolute atomic E-state index is 4.89. The number of hydrogen-bond donors (Lipinski definition) is 1. The van der Waals surface area contributed by atoms with Crippen molar-refractivity contribution in [3.8, 4) is 0 Å². The highest BCUT2D eigenvalue weighted by molar-refractivity contribution is 9.09. The zero-order valence-electron chi connectivity index (χ0n) is 4.19. The second-order valence-electron chi connectivity index (χ2n) is 1.56. The van der Waals surface area contributed by atoms with Crippen molar-refractivity contribution in [3.05, 3.63) is 0 Å². The van der Waals surface area contributed by atoms with E-state index in [1.807, 2.05) is 0 Å². The molecule has 1 atom stereocenters. The molecule has 1 saturated heterocycles. The van der Waals surface area contributed by atoms with Gasteiger partial charge in [-0.1, -0.05) is 39.9 Å². The summed E-state index contributed by atoms with van der Waals surface area (Å²) >= 11 is 10.0. The summed E-state index contributed by atoms with van der Waals surface area (Å²) in [6.07, 6.45) is 0. The molecule has 0 radical (unpaired) electrons. The van der Waals surface area contributed by atoms with E-state index >= 15 is 0 Å². The lowest BCUT2D eigenvalue weighted by Crippen LogP contribution is -2.15. The van der Waals surface area contributed by atoms with Gasteiger partial charge in [-0.2, -0.15) is 0 Å². The molecule has 0 aromatic heterocycles. The number of thiocarbonyl (C=S) groups is 1. The van der Waals surface area contributed by atoms with Crippen LogP contribution in [0.2, 0.25) is 0 Å². The Bertz CT molecular complexity index is 106. The fourth-order valence-corrected chi connectivity index (χ4v) is 2.33. The van der Waals surface area contributed by atoms with Crippen molar-refractivity contribution in [1.29, 1.82) is 0 Å². The van der Waals surface area contributed by atoms with E-state index in [0.717, 1.165) is 16.2 Å². The first-order chi connectivity index (χ1) is 3.83. The van der Waals surface area contributed by atoms with Crippen molar-refractivity contribution in [3.63, 3.8) is 0 Å². The van der Waals surface area contributed by atoms with Crippen molar-refractivity contribution in [2.45, 2.75) is 5.25 Å². The Labute approximate surface area is 66.7 Å². The number of alkyl halides is 1. The highest BCUT2D eigenvalue weighted by atomic mass is 79.9. The second kappa shape index (κ2) is 3.03. The fraction of sp³-hybridized carbons (Fsp3) is 0.750. The maximum atomic E-state index is 4.89. The van der Waals surface area contributed by atoms with Gasteiger partial charge >= 0.3 is 0 Å². The zero-order chi connectivity index (χ0) is 5.98. The van der Waals surface area contributed by atoms with Crippen LogP contribution in [0.1, 0.15) is 0 Å². The summed E-state index contributed by atoms with van der Waals surface area (Å²) in [6.45, 7) is 1.02. The van der Waals surface area contributed by atoms with E-state index < -0.39 is 0 Å². The van der Waals surface area contributed by atoms with Gasteiger partial charge in [0.2, 0.25) is 0 Å². The van der Waals surface area contributed by atoms with E-state index in [-0.39, 0.29) is 0 Å². The molecule has 46 valence electrons. The van der Waals surface area contributed by atoms with Crippen LogP contribution in [0.4, 0.5) is 0 Å². The minimum Gasteiger partial charge on any atom is -0.370 e. The van der Waals surface area contributed by atoms with E-state index in [1.165, 1.54) is 0 Å². The Morgan fingerprint density at radius 3 is 3.00 bits per heavy atom. The molecule has 0 aliphatic carbocycles. The van der Waals surface area contributed by atoms with E-state index in [9.17, 15) is 0 Å². The van der Waals surface area contributed by atoms with Gasteiger partial charge in [-0.3, -0.25) is 0 Å². The minimum absolute atomic E-state index is 0.655. The van der Waals surface area contributed by atoms with Crippen molar-refractivity contribution in [1.82, 2.24) is 5.32 Å². The number of rotatable bonds is 1. The number of hydrogen-bond acceptors (Lipinski definition) is 2. The molecule has 1 N–H and O–H groups in total. The summed E-state index contributed by atoms with van der Waals surface area (Å²) in [5.74, 6) is 0. The largest absolute Gasteiger partial charge is 0.370 e. The van der Waals surface area contributed by atoms with E-state index in [1.54, 1.807) is 11.8 Å². The van der Waals surface area contributed by atoms with Gasteiger partial charge in [0.15, 0.2) is 0 Å². The third-order valence-corrected chi connectivity index (χ3v) is 3.59. The first-order valence-corrected chi connectivity index (χ1v) is 4.74. The van der Waals surface area contributed by atoms with E-state index in [4.69, 9.17) is 12.2 Å². The predicted molar refractivity (Wildman–Crippen MR) is 45.8 cm³/mol. The molecule has 1 rings (SSSR count). The molecule has 0 saturated carbocycles. The first kappa shape index (κ1) is 6.83. The highest BCUT2D eigenvalue weighted by Gasteiger charge is 2.17. The van der Waals surface area contributed by atoms with Crippen LogP contribution in [-0.2, 0) is 0 Å². The first-order valence-electron chi connectivity index (χ1n) is 2.33. The highest BCUT2D eigenvalue weighted by Crippen LogP contribution is 2.18. The van der Waals surface area contributed by atoms with Crippen LogP contribution in [0, 0.1) is 0 Å². The van der Waals surface area contributed by atoms with Crippen LogP contribution in [-0.4, -0.2) is 21.4 Å². The summed E-state index contributed by atoms with van der Waals surface area (Å²) < 4.78 is 0.939. The van der Waals surface area contributed by atoms with Crippen molar-refractivity contribution in [2.24, 2.45) is 0 Å². The SMILES string of the molecule is S=C1NC[C@@H](CBr)S1. The van der Waals surface area contributed by atoms with Gasteiger partial charge in [0, 0.05) is 17.1 Å². The molecule has 0 aromatic carbocycles. The minimum atomic E-state index is 0.655. The predicted octanol–water partition coefficient (Wildman–Crippen LogP) is 1.37. The van der Waals surface area contributed by atoms with E-state index in [0.29, 0.717) is 5.25 Å². The van der Waals surface area contributed by atoms with Gasteiger partial charge in [-0.15, -0.1) is 0 Å². The molecule has 4 heteroatoms. The normalized spacial score (nSPS) is 28.1. The Kier molecular flexibility index (Phi) is 2.59. The monoisotopic (exact) mass is 211 g/mol. The molecule has 8 heavy (non-hydrogen) atoms. The summed E-state index contributed by atoms with van der Waals surface area (Å²) in [7, 11) is 0. The molecular weight excluding hydrogens is 206 g/mol. The topological polar surface area (TPSA) is 12.0 Å².